The number of likely N-dealkylation sites (N-methyl/N-ethyl adjacent to an activating group) is 1. The molecule has 1 amide bonds. The molecule has 3 heterocycles. The van der Waals surface area contributed by atoms with E-state index in [0.29, 0.717) is 13.2 Å². The molecule has 0 aromatic carbocycles. The number of imidazole rings is 1. The number of carbonyl (C=O) groups is 1. The van der Waals surface area contributed by atoms with E-state index in [1.165, 1.54) is 0 Å². The first-order valence-corrected chi connectivity index (χ1v) is 8.32. The molecule has 2 aliphatic rings. The highest BCUT2D eigenvalue weighted by Gasteiger charge is 2.35. The second kappa shape index (κ2) is 6.79. The number of carbonyl (C=O) groups excluding carboxylic acids is 1. The summed E-state index contributed by atoms with van der Waals surface area (Å²) in [6.45, 7) is 6.24. The van der Waals surface area contributed by atoms with Crippen molar-refractivity contribution in [2.24, 2.45) is 7.05 Å². The van der Waals surface area contributed by atoms with Gasteiger partial charge in [0.15, 0.2) is 0 Å². The van der Waals surface area contributed by atoms with Gasteiger partial charge in [0.05, 0.1) is 6.04 Å². The van der Waals surface area contributed by atoms with E-state index >= 15 is 0 Å². The summed E-state index contributed by atoms with van der Waals surface area (Å²) in [5.41, 5.74) is 0. The van der Waals surface area contributed by atoms with Gasteiger partial charge in [-0.3, -0.25) is 9.69 Å². The summed E-state index contributed by atoms with van der Waals surface area (Å²) in [6.07, 6.45) is 6.59. The van der Waals surface area contributed by atoms with E-state index in [1.807, 2.05) is 24.3 Å². The van der Waals surface area contributed by atoms with Crippen molar-refractivity contribution in [3.63, 3.8) is 0 Å². The van der Waals surface area contributed by atoms with Gasteiger partial charge < -0.3 is 14.2 Å². The maximum atomic E-state index is 12.7. The molecule has 1 aromatic heterocycles. The fourth-order valence-corrected chi connectivity index (χ4v) is 3.48. The quantitative estimate of drug-likeness (QED) is 0.842. The van der Waals surface area contributed by atoms with E-state index in [0.717, 1.165) is 44.7 Å². The molecule has 2 unspecified atom stereocenters. The zero-order chi connectivity index (χ0) is 15.5. The molecule has 3 rings (SSSR count). The van der Waals surface area contributed by atoms with E-state index in [9.17, 15) is 4.79 Å². The molecule has 22 heavy (non-hydrogen) atoms. The molecule has 2 aliphatic heterocycles. The predicted molar refractivity (Wildman–Crippen MR) is 83.4 cm³/mol. The highest BCUT2D eigenvalue weighted by molar-refractivity contribution is 5.81. The number of amides is 1. The lowest BCUT2D eigenvalue weighted by Gasteiger charge is -2.41. The molecule has 0 bridgehead atoms. The normalized spacial score (nSPS) is 27.1. The highest BCUT2D eigenvalue weighted by Crippen LogP contribution is 2.25. The van der Waals surface area contributed by atoms with E-state index in [2.05, 4.69) is 21.4 Å². The molecule has 0 N–H and O–H groups in total. The summed E-state index contributed by atoms with van der Waals surface area (Å²) in [7, 11) is 2.02. The Hall–Kier alpha value is -1.40. The Balaban J connectivity index is 1.72. The summed E-state index contributed by atoms with van der Waals surface area (Å²) in [5, 5.41) is 0. The number of nitrogens with zero attached hydrogens (tertiary/aromatic N) is 4. The van der Waals surface area contributed by atoms with Gasteiger partial charge >= 0.3 is 0 Å². The van der Waals surface area contributed by atoms with Crippen LogP contribution in [-0.4, -0.2) is 64.1 Å². The fraction of sp³-hybridized carbons (Fsp3) is 0.750. The lowest BCUT2D eigenvalue weighted by Crippen LogP contribution is -2.53. The Morgan fingerprint density at radius 2 is 2.27 bits per heavy atom. The van der Waals surface area contributed by atoms with Crippen molar-refractivity contribution in [3.8, 4) is 0 Å². The van der Waals surface area contributed by atoms with Gasteiger partial charge in [-0.05, 0) is 25.8 Å². The van der Waals surface area contributed by atoms with Gasteiger partial charge in [-0.1, -0.05) is 6.92 Å². The third-order valence-corrected chi connectivity index (χ3v) is 4.82. The Morgan fingerprint density at radius 1 is 1.41 bits per heavy atom. The van der Waals surface area contributed by atoms with Crippen LogP contribution in [0.25, 0.3) is 0 Å². The summed E-state index contributed by atoms with van der Waals surface area (Å²) >= 11 is 0. The van der Waals surface area contributed by atoms with Gasteiger partial charge in [-0.25, -0.2) is 4.98 Å². The van der Waals surface area contributed by atoms with Crippen molar-refractivity contribution < 1.29 is 9.53 Å². The van der Waals surface area contributed by atoms with Crippen LogP contribution in [0.1, 0.15) is 38.1 Å². The average Bonchev–Trinajstić information content (AvgIpc) is 3.00. The van der Waals surface area contributed by atoms with Gasteiger partial charge in [0, 0.05) is 45.7 Å². The summed E-state index contributed by atoms with van der Waals surface area (Å²) < 4.78 is 7.72. The Morgan fingerprint density at radius 3 is 2.91 bits per heavy atom. The minimum Gasteiger partial charge on any atom is -0.368 e. The second-order valence-corrected chi connectivity index (χ2v) is 6.18. The number of hydrogen-bond donors (Lipinski definition) is 0. The second-order valence-electron chi connectivity index (χ2n) is 6.18. The first-order chi connectivity index (χ1) is 10.7. The van der Waals surface area contributed by atoms with Gasteiger partial charge in [-0.15, -0.1) is 0 Å². The Kier molecular flexibility index (Phi) is 4.78. The topological polar surface area (TPSA) is 50.6 Å². The fourth-order valence-electron chi connectivity index (χ4n) is 3.48. The van der Waals surface area contributed by atoms with Crippen molar-refractivity contribution >= 4 is 5.91 Å². The van der Waals surface area contributed by atoms with Gasteiger partial charge in [0.25, 0.3) is 5.91 Å². The molecule has 2 atom stereocenters. The lowest BCUT2D eigenvalue weighted by atomic mass is 10.1. The van der Waals surface area contributed by atoms with Crippen LogP contribution < -0.4 is 0 Å². The average molecular weight is 306 g/mol. The van der Waals surface area contributed by atoms with E-state index in [-0.39, 0.29) is 18.1 Å². The van der Waals surface area contributed by atoms with Crippen LogP contribution in [0.15, 0.2) is 12.4 Å². The molecule has 0 aliphatic carbocycles. The molecule has 2 fully saturated rings. The van der Waals surface area contributed by atoms with E-state index in [4.69, 9.17) is 4.74 Å². The van der Waals surface area contributed by atoms with Crippen LogP contribution in [0.4, 0.5) is 0 Å². The summed E-state index contributed by atoms with van der Waals surface area (Å²) in [6, 6.07) is 0.172. The smallest absolute Gasteiger partial charge is 0.251 e. The minimum absolute atomic E-state index is 0.162. The third-order valence-electron chi connectivity index (χ3n) is 4.82. The molecule has 122 valence electrons. The van der Waals surface area contributed by atoms with Gasteiger partial charge in [0.1, 0.15) is 11.9 Å². The predicted octanol–water partition coefficient (Wildman–Crippen LogP) is 1.19. The van der Waals surface area contributed by atoms with Crippen LogP contribution in [-0.2, 0) is 16.6 Å². The molecule has 0 radical (unpaired) electrons. The minimum atomic E-state index is -0.232. The zero-order valence-corrected chi connectivity index (χ0v) is 13.6. The molecule has 2 saturated heterocycles. The number of hydrogen-bond acceptors (Lipinski definition) is 4. The first kappa shape index (κ1) is 15.5. The van der Waals surface area contributed by atoms with Crippen molar-refractivity contribution in [2.45, 2.75) is 38.3 Å². The Labute approximate surface area is 132 Å². The molecule has 0 spiro atoms. The lowest BCUT2D eigenvalue weighted by molar-refractivity contribution is -0.149. The van der Waals surface area contributed by atoms with Crippen molar-refractivity contribution in [3.05, 3.63) is 18.2 Å². The maximum Gasteiger partial charge on any atom is 0.251 e. The number of rotatable bonds is 3. The van der Waals surface area contributed by atoms with Crippen LogP contribution in [0.2, 0.25) is 0 Å². The number of aromatic nitrogens is 2. The molecular weight excluding hydrogens is 280 g/mol. The SMILES string of the molecule is CCN1CCN(C(=O)C2CCCCO2)CC1c1nccn1C. The number of piperazine rings is 1. The highest BCUT2D eigenvalue weighted by atomic mass is 16.5. The largest absolute Gasteiger partial charge is 0.368 e. The zero-order valence-electron chi connectivity index (χ0n) is 13.6. The first-order valence-electron chi connectivity index (χ1n) is 8.32. The number of aryl methyl sites for hydroxylation is 1. The summed E-state index contributed by atoms with van der Waals surface area (Å²) in [4.78, 5) is 21.6. The van der Waals surface area contributed by atoms with Gasteiger partial charge in [-0.2, -0.15) is 0 Å². The van der Waals surface area contributed by atoms with Crippen molar-refractivity contribution in [1.29, 1.82) is 0 Å². The molecule has 6 heteroatoms. The van der Waals surface area contributed by atoms with E-state index < -0.39 is 0 Å². The van der Waals surface area contributed by atoms with Crippen molar-refractivity contribution in [1.82, 2.24) is 19.4 Å². The third kappa shape index (κ3) is 3.03. The monoisotopic (exact) mass is 306 g/mol. The van der Waals surface area contributed by atoms with Crippen LogP contribution in [0, 0.1) is 0 Å². The van der Waals surface area contributed by atoms with E-state index in [1.54, 1.807) is 0 Å². The van der Waals surface area contributed by atoms with Gasteiger partial charge in [0.2, 0.25) is 0 Å². The maximum absolute atomic E-state index is 12.7. The van der Waals surface area contributed by atoms with Crippen LogP contribution >= 0.6 is 0 Å². The molecule has 6 nitrogen and oxygen atoms in total. The standard InChI is InChI=1S/C16H26N4O2/c1-3-19-9-10-20(16(21)14-6-4-5-11-22-14)12-13(19)15-17-7-8-18(15)2/h7-8,13-14H,3-6,9-12H2,1-2H3. The molecule has 0 saturated carbocycles. The van der Waals surface area contributed by atoms with Crippen LogP contribution in [0.5, 0.6) is 0 Å². The Bertz CT molecular complexity index is 510. The molecular formula is C16H26N4O2. The van der Waals surface area contributed by atoms with Crippen molar-refractivity contribution in [2.75, 3.05) is 32.8 Å². The van der Waals surface area contributed by atoms with Crippen LogP contribution in [0.3, 0.4) is 0 Å². The summed E-state index contributed by atoms with van der Waals surface area (Å²) in [5.74, 6) is 1.19. The number of ether oxygens (including phenoxy) is 1. The molecule has 1 aromatic rings.